The van der Waals surface area contributed by atoms with Gasteiger partial charge in [0.05, 0.1) is 0 Å². The molecule has 2 aliphatic rings. The summed E-state index contributed by atoms with van der Waals surface area (Å²) in [6.45, 7) is 1.62. The Balaban J connectivity index is 1.31. The maximum atomic E-state index is 12.7. The van der Waals surface area contributed by atoms with Crippen molar-refractivity contribution in [2.75, 3.05) is 13.1 Å². The fourth-order valence-electron chi connectivity index (χ4n) is 3.88. The molecule has 0 radical (unpaired) electrons. The smallest absolute Gasteiger partial charge is 0.222 e. The monoisotopic (exact) mass is 364 g/mol. The molecule has 2 aromatic rings. The molecule has 1 atom stereocenters. The molecule has 140 valence electrons. The summed E-state index contributed by atoms with van der Waals surface area (Å²) in [4.78, 5) is 14.7. The minimum absolute atomic E-state index is 0.197. The molecule has 1 unspecified atom stereocenters. The topological polar surface area (TPSA) is 75.2 Å². The molecule has 1 saturated heterocycles. The number of carbonyl (C=O) groups is 1. The Morgan fingerprint density at radius 3 is 3.00 bits per heavy atom. The minimum atomic E-state index is -0.377. The molecule has 1 fully saturated rings. The summed E-state index contributed by atoms with van der Waals surface area (Å²) in [6.07, 6.45) is 12.9. The van der Waals surface area contributed by atoms with E-state index in [-0.39, 0.29) is 11.6 Å². The lowest BCUT2D eigenvalue weighted by atomic mass is 9.93. The fraction of sp³-hybridized carbons (Fsp3) is 0.550. The second kappa shape index (κ2) is 7.47. The zero-order valence-corrected chi connectivity index (χ0v) is 15.4. The lowest BCUT2D eigenvalue weighted by Crippen LogP contribution is -2.41. The van der Waals surface area contributed by atoms with Crippen LogP contribution in [0.1, 0.15) is 44.3 Å². The number of carbonyl (C=O) groups excluding carboxylic acids is 1. The zero-order chi connectivity index (χ0) is 18.7. The van der Waals surface area contributed by atoms with Crippen molar-refractivity contribution in [2.45, 2.75) is 50.6 Å². The molecule has 27 heavy (non-hydrogen) atoms. The van der Waals surface area contributed by atoms with Gasteiger partial charge in [0.15, 0.2) is 11.3 Å². The largest absolute Gasteiger partial charge is 0.342 e. The van der Waals surface area contributed by atoms with Crippen LogP contribution in [0.15, 0.2) is 34.6 Å². The predicted molar refractivity (Wildman–Crippen MR) is 101 cm³/mol. The van der Waals surface area contributed by atoms with Crippen molar-refractivity contribution >= 4 is 11.6 Å². The van der Waals surface area contributed by atoms with E-state index in [9.17, 15) is 4.79 Å². The van der Waals surface area contributed by atoms with Crippen LogP contribution in [0.5, 0.6) is 0 Å². The molecule has 7 heteroatoms. The van der Waals surface area contributed by atoms with Crippen LogP contribution in [0, 0.1) is 18.3 Å². The van der Waals surface area contributed by atoms with Gasteiger partial charge in [0.2, 0.25) is 5.91 Å². The van der Waals surface area contributed by atoms with Crippen LogP contribution in [-0.2, 0) is 11.2 Å². The molecule has 0 saturated carbocycles. The highest BCUT2D eigenvalue weighted by atomic mass is 16.2. The first-order chi connectivity index (χ1) is 13.2. The third kappa shape index (κ3) is 4.00. The number of fused-ring (bicyclic) bond motifs is 1. The van der Waals surface area contributed by atoms with Gasteiger partial charge in [-0.1, -0.05) is 6.07 Å². The van der Waals surface area contributed by atoms with Crippen LogP contribution in [0.3, 0.4) is 0 Å². The van der Waals surface area contributed by atoms with Crippen molar-refractivity contribution in [1.29, 1.82) is 0 Å². The number of hydrogen-bond donors (Lipinski definition) is 0. The molecule has 2 aliphatic heterocycles. The van der Waals surface area contributed by atoms with E-state index in [4.69, 9.17) is 6.42 Å². The Kier molecular flexibility index (Phi) is 4.88. The van der Waals surface area contributed by atoms with Crippen LogP contribution < -0.4 is 0 Å². The highest BCUT2D eigenvalue weighted by molar-refractivity contribution is 5.76. The van der Waals surface area contributed by atoms with E-state index in [1.54, 1.807) is 0 Å². The van der Waals surface area contributed by atoms with Gasteiger partial charge in [0.1, 0.15) is 5.82 Å². The zero-order valence-electron chi connectivity index (χ0n) is 15.4. The number of rotatable bonds is 7. The molecule has 7 nitrogen and oxygen atoms in total. The van der Waals surface area contributed by atoms with Gasteiger partial charge in [0.25, 0.3) is 0 Å². The maximum Gasteiger partial charge on any atom is 0.222 e. The first-order valence-electron chi connectivity index (χ1n) is 9.63. The van der Waals surface area contributed by atoms with Crippen molar-refractivity contribution in [3.63, 3.8) is 0 Å². The third-order valence-corrected chi connectivity index (χ3v) is 5.52. The number of nitrogens with zero attached hydrogens (tertiary/aromatic N) is 6. The summed E-state index contributed by atoms with van der Waals surface area (Å²) in [5, 5.41) is 16.8. The van der Waals surface area contributed by atoms with Crippen molar-refractivity contribution in [3.05, 3.63) is 30.2 Å². The van der Waals surface area contributed by atoms with Gasteiger partial charge in [-0.05, 0) is 30.9 Å². The average molecular weight is 364 g/mol. The van der Waals surface area contributed by atoms with E-state index in [2.05, 4.69) is 26.3 Å². The van der Waals surface area contributed by atoms with Gasteiger partial charge in [-0.15, -0.1) is 22.5 Å². The highest BCUT2D eigenvalue weighted by Gasteiger charge is 2.39. The Morgan fingerprint density at radius 2 is 2.19 bits per heavy atom. The van der Waals surface area contributed by atoms with Crippen LogP contribution in [0.2, 0.25) is 0 Å². The Hall–Kier alpha value is -2.75. The number of terminal acetylenes is 1. The molecule has 4 heterocycles. The van der Waals surface area contributed by atoms with Crippen molar-refractivity contribution < 1.29 is 4.79 Å². The van der Waals surface area contributed by atoms with Crippen molar-refractivity contribution in [2.24, 2.45) is 16.1 Å². The Morgan fingerprint density at radius 1 is 1.30 bits per heavy atom. The van der Waals surface area contributed by atoms with Crippen LogP contribution >= 0.6 is 0 Å². The van der Waals surface area contributed by atoms with E-state index in [1.165, 1.54) is 0 Å². The molecule has 1 amide bonds. The first kappa shape index (κ1) is 17.7. The molecule has 4 rings (SSSR count). The van der Waals surface area contributed by atoms with Gasteiger partial charge in [0, 0.05) is 51.4 Å². The molecule has 0 spiro atoms. The standard InChI is InChI=1S/C20H24N6O/c1-2-3-10-20(23-24-20)11-9-19(27)25-12-6-7-16(15-25)14-18-22-21-17-8-4-5-13-26(17)18/h1,4-5,8,13,16H,3,6-7,9-12,14-15H2. The SMILES string of the molecule is C#CCCC1(CCC(=O)N2CCCC(Cc3nnc4ccccn34)C2)N=N1. The number of likely N-dealkylation sites (tertiary alicyclic amines) is 1. The molecule has 0 aliphatic carbocycles. The second-order valence-electron chi connectivity index (χ2n) is 7.48. The number of aromatic nitrogens is 3. The van der Waals surface area contributed by atoms with Crippen LogP contribution in [-0.4, -0.2) is 44.2 Å². The maximum absolute atomic E-state index is 12.7. The van der Waals surface area contributed by atoms with Crippen molar-refractivity contribution in [1.82, 2.24) is 19.5 Å². The summed E-state index contributed by atoms with van der Waals surface area (Å²) in [6, 6.07) is 5.90. The molecular weight excluding hydrogens is 340 g/mol. The van der Waals surface area contributed by atoms with Gasteiger partial charge in [-0.2, -0.15) is 10.2 Å². The fourth-order valence-corrected chi connectivity index (χ4v) is 3.88. The van der Waals surface area contributed by atoms with Gasteiger partial charge in [-0.25, -0.2) is 0 Å². The number of amides is 1. The first-order valence-corrected chi connectivity index (χ1v) is 9.63. The molecule has 0 bridgehead atoms. The Labute approximate surface area is 158 Å². The van der Waals surface area contributed by atoms with Crippen molar-refractivity contribution in [3.8, 4) is 12.3 Å². The van der Waals surface area contributed by atoms with Gasteiger partial charge >= 0.3 is 0 Å². The summed E-state index contributed by atoms with van der Waals surface area (Å²) < 4.78 is 2.03. The number of piperidine rings is 1. The lowest BCUT2D eigenvalue weighted by molar-refractivity contribution is -0.133. The molecule has 0 N–H and O–H groups in total. The van der Waals surface area contributed by atoms with E-state index < -0.39 is 0 Å². The molecule has 2 aromatic heterocycles. The Bertz CT molecular complexity index is 889. The number of hydrogen-bond acceptors (Lipinski definition) is 5. The third-order valence-electron chi connectivity index (χ3n) is 5.52. The summed E-state index contributed by atoms with van der Waals surface area (Å²) in [5.41, 5.74) is 0.489. The van der Waals surface area contributed by atoms with Crippen LogP contribution in [0.4, 0.5) is 0 Å². The molecule has 0 aromatic carbocycles. The summed E-state index contributed by atoms with van der Waals surface area (Å²) in [7, 11) is 0. The van der Waals surface area contributed by atoms with Gasteiger partial charge in [-0.3, -0.25) is 9.20 Å². The van der Waals surface area contributed by atoms with E-state index in [1.807, 2.05) is 33.7 Å². The van der Waals surface area contributed by atoms with E-state index in [0.717, 1.165) is 50.2 Å². The molecular formula is C20H24N6O. The highest BCUT2D eigenvalue weighted by Crippen LogP contribution is 2.37. The lowest BCUT2D eigenvalue weighted by Gasteiger charge is -2.32. The van der Waals surface area contributed by atoms with Gasteiger partial charge < -0.3 is 4.90 Å². The summed E-state index contributed by atoms with van der Waals surface area (Å²) >= 11 is 0. The van der Waals surface area contributed by atoms with E-state index in [0.29, 0.717) is 25.2 Å². The second-order valence-corrected chi connectivity index (χ2v) is 7.48. The number of pyridine rings is 1. The van der Waals surface area contributed by atoms with Crippen LogP contribution in [0.25, 0.3) is 5.65 Å². The minimum Gasteiger partial charge on any atom is -0.342 e. The van der Waals surface area contributed by atoms with E-state index >= 15 is 0 Å². The quantitative estimate of drug-likeness (QED) is 0.709. The normalized spacial score (nSPS) is 20.6. The average Bonchev–Trinajstić information content (AvgIpc) is 3.37. The predicted octanol–water partition coefficient (Wildman–Crippen LogP) is 2.87. The summed E-state index contributed by atoms with van der Waals surface area (Å²) in [5.74, 6) is 4.21.